The maximum atomic E-state index is 13.0. The van der Waals surface area contributed by atoms with Gasteiger partial charge >= 0.3 is 0 Å². The van der Waals surface area contributed by atoms with E-state index < -0.39 is 11.4 Å². The molecule has 1 saturated carbocycles. The van der Waals surface area contributed by atoms with Crippen LogP contribution in [0.5, 0.6) is 0 Å². The van der Waals surface area contributed by atoms with Crippen molar-refractivity contribution in [2.45, 2.75) is 37.6 Å². The minimum absolute atomic E-state index is 0. The fraction of sp³-hybridized carbons (Fsp3) is 0.462. The van der Waals surface area contributed by atoms with Gasteiger partial charge in [0.15, 0.2) is 0 Å². The maximum absolute atomic E-state index is 13.0. The number of amides is 1. The second kappa shape index (κ2) is 6.55. The molecule has 3 nitrogen and oxygen atoms in total. The molecule has 1 aliphatic rings. The first-order valence-electron chi connectivity index (χ1n) is 6.07. The molecular weight excluding hydrogens is 290 g/mol. The summed E-state index contributed by atoms with van der Waals surface area (Å²) in [6, 6.07) is 4.09. The molecule has 1 aromatic rings. The fourth-order valence-corrected chi connectivity index (χ4v) is 2.42. The summed E-state index contributed by atoms with van der Waals surface area (Å²) in [5.74, 6) is -0.723. The summed E-state index contributed by atoms with van der Waals surface area (Å²) in [6.45, 7) is 0. The molecule has 1 fully saturated rings. The molecule has 0 saturated heterocycles. The number of hydrogen-bond acceptors (Lipinski definition) is 2. The molecule has 0 aliphatic heterocycles. The lowest BCUT2D eigenvalue weighted by molar-refractivity contribution is -0.122. The van der Waals surface area contributed by atoms with E-state index in [1.54, 1.807) is 0 Å². The summed E-state index contributed by atoms with van der Waals surface area (Å²) in [4.78, 5) is 12.1. The lowest BCUT2D eigenvalue weighted by Crippen LogP contribution is -2.52. The average Bonchev–Trinajstić information content (AvgIpc) is 2.35. The Balaban J connectivity index is 0.00000180. The van der Waals surface area contributed by atoms with Gasteiger partial charge in [0.1, 0.15) is 5.82 Å². The number of carbonyl (C=O) groups is 1. The summed E-state index contributed by atoms with van der Waals surface area (Å²) in [6.07, 6.45) is 4.43. The van der Waals surface area contributed by atoms with Crippen LogP contribution >= 0.6 is 24.0 Å². The quantitative estimate of drug-likeness (QED) is 0.878. The summed E-state index contributed by atoms with van der Waals surface area (Å²) in [5, 5.41) is 2.69. The summed E-state index contributed by atoms with van der Waals surface area (Å²) >= 11 is 5.66. The zero-order valence-electron chi connectivity index (χ0n) is 10.4. The van der Waals surface area contributed by atoms with Gasteiger partial charge < -0.3 is 11.1 Å². The molecule has 0 radical (unpaired) electrons. The Morgan fingerprint density at radius 3 is 2.53 bits per heavy atom. The third-order valence-corrected chi connectivity index (χ3v) is 3.67. The average molecular weight is 307 g/mol. The van der Waals surface area contributed by atoms with Gasteiger partial charge in [-0.3, -0.25) is 4.79 Å². The van der Waals surface area contributed by atoms with E-state index in [-0.39, 0.29) is 23.3 Å². The molecule has 0 heterocycles. The summed E-state index contributed by atoms with van der Waals surface area (Å²) in [5.41, 5.74) is 5.77. The predicted molar refractivity (Wildman–Crippen MR) is 77.3 cm³/mol. The normalized spacial score (nSPS) is 17.4. The Bertz CT molecular complexity index is 462. The van der Waals surface area contributed by atoms with Crippen LogP contribution in [0.3, 0.4) is 0 Å². The molecule has 19 heavy (non-hydrogen) atoms. The largest absolute Gasteiger partial charge is 0.324 e. The van der Waals surface area contributed by atoms with Crippen molar-refractivity contribution in [2.24, 2.45) is 5.73 Å². The van der Waals surface area contributed by atoms with Gasteiger partial charge in [-0.05, 0) is 31.0 Å². The molecule has 1 aliphatic carbocycles. The minimum Gasteiger partial charge on any atom is -0.324 e. The summed E-state index contributed by atoms with van der Waals surface area (Å²) in [7, 11) is 0. The lowest BCUT2D eigenvalue weighted by atomic mass is 9.82. The van der Waals surface area contributed by atoms with Crippen LogP contribution in [0.15, 0.2) is 18.2 Å². The number of carbonyl (C=O) groups excluding carboxylic acids is 1. The summed E-state index contributed by atoms with van der Waals surface area (Å²) < 4.78 is 13.0. The Morgan fingerprint density at radius 2 is 1.95 bits per heavy atom. The number of halogens is 3. The highest BCUT2D eigenvalue weighted by Gasteiger charge is 2.35. The topological polar surface area (TPSA) is 55.1 Å². The van der Waals surface area contributed by atoms with E-state index in [2.05, 4.69) is 5.32 Å². The van der Waals surface area contributed by atoms with Crippen molar-refractivity contribution in [3.8, 4) is 0 Å². The second-order valence-electron chi connectivity index (χ2n) is 4.80. The minimum atomic E-state index is -0.806. The van der Waals surface area contributed by atoms with Crippen LogP contribution in [0.2, 0.25) is 5.02 Å². The second-order valence-corrected chi connectivity index (χ2v) is 5.21. The molecule has 2 rings (SSSR count). The van der Waals surface area contributed by atoms with E-state index in [0.717, 1.165) is 19.3 Å². The Morgan fingerprint density at radius 1 is 1.32 bits per heavy atom. The molecular formula is C13H17Cl2FN2O. The Hall–Kier alpha value is -0.840. The first-order chi connectivity index (χ1) is 8.51. The van der Waals surface area contributed by atoms with E-state index >= 15 is 0 Å². The molecule has 3 N–H and O–H groups in total. The number of anilines is 1. The van der Waals surface area contributed by atoms with Crippen LogP contribution in [-0.2, 0) is 4.79 Å². The van der Waals surface area contributed by atoms with E-state index in [1.165, 1.54) is 18.2 Å². The van der Waals surface area contributed by atoms with Crippen LogP contribution < -0.4 is 11.1 Å². The van der Waals surface area contributed by atoms with E-state index in [1.807, 2.05) is 0 Å². The van der Waals surface area contributed by atoms with Crippen LogP contribution in [0.1, 0.15) is 32.1 Å². The molecule has 0 atom stereocenters. The fourth-order valence-electron chi connectivity index (χ4n) is 2.24. The lowest BCUT2D eigenvalue weighted by Gasteiger charge is -2.31. The molecule has 106 valence electrons. The zero-order valence-corrected chi connectivity index (χ0v) is 12.0. The number of benzene rings is 1. The maximum Gasteiger partial charge on any atom is 0.244 e. The van der Waals surface area contributed by atoms with Crippen molar-refractivity contribution < 1.29 is 9.18 Å². The van der Waals surface area contributed by atoms with Crippen LogP contribution in [0.4, 0.5) is 10.1 Å². The van der Waals surface area contributed by atoms with E-state index in [4.69, 9.17) is 17.3 Å². The van der Waals surface area contributed by atoms with Crippen LogP contribution in [-0.4, -0.2) is 11.4 Å². The first-order valence-corrected chi connectivity index (χ1v) is 6.44. The van der Waals surface area contributed by atoms with Gasteiger partial charge in [0.2, 0.25) is 5.91 Å². The highest BCUT2D eigenvalue weighted by Crippen LogP contribution is 2.28. The zero-order chi connectivity index (χ0) is 13.2. The highest BCUT2D eigenvalue weighted by molar-refractivity contribution is 6.31. The molecule has 0 spiro atoms. The third kappa shape index (κ3) is 3.81. The van der Waals surface area contributed by atoms with Crippen molar-refractivity contribution in [2.75, 3.05) is 5.32 Å². The molecule has 0 aromatic heterocycles. The van der Waals surface area contributed by atoms with Gasteiger partial charge in [0.25, 0.3) is 0 Å². The van der Waals surface area contributed by atoms with Gasteiger partial charge in [0, 0.05) is 5.69 Å². The number of nitrogens with two attached hydrogens (primary N) is 1. The number of hydrogen-bond donors (Lipinski definition) is 2. The number of nitrogens with one attached hydrogen (secondary N) is 1. The molecule has 6 heteroatoms. The Labute approximate surface area is 123 Å². The molecule has 0 unspecified atom stereocenters. The van der Waals surface area contributed by atoms with Crippen LogP contribution in [0.25, 0.3) is 0 Å². The molecule has 1 aromatic carbocycles. The van der Waals surface area contributed by atoms with E-state index in [0.29, 0.717) is 18.5 Å². The Kier molecular flexibility index (Phi) is 5.59. The molecule has 1 amide bonds. The monoisotopic (exact) mass is 306 g/mol. The van der Waals surface area contributed by atoms with Crippen molar-refractivity contribution in [3.63, 3.8) is 0 Å². The highest BCUT2D eigenvalue weighted by atomic mass is 35.5. The van der Waals surface area contributed by atoms with Crippen molar-refractivity contribution in [1.82, 2.24) is 0 Å². The predicted octanol–water partition coefficient (Wildman–Crippen LogP) is 3.50. The number of rotatable bonds is 2. The van der Waals surface area contributed by atoms with Gasteiger partial charge in [-0.2, -0.15) is 0 Å². The van der Waals surface area contributed by atoms with Crippen molar-refractivity contribution in [3.05, 3.63) is 29.0 Å². The van der Waals surface area contributed by atoms with Gasteiger partial charge in [-0.15, -0.1) is 12.4 Å². The van der Waals surface area contributed by atoms with Crippen LogP contribution in [0, 0.1) is 5.82 Å². The molecule has 0 bridgehead atoms. The van der Waals surface area contributed by atoms with Crippen molar-refractivity contribution >= 4 is 35.6 Å². The third-order valence-electron chi connectivity index (χ3n) is 3.38. The SMILES string of the molecule is Cl.NC1(C(=O)Nc2ccc(F)c(Cl)c2)CCCCC1. The first kappa shape index (κ1) is 16.2. The smallest absolute Gasteiger partial charge is 0.244 e. The van der Waals surface area contributed by atoms with Crippen molar-refractivity contribution in [1.29, 1.82) is 0 Å². The standard InChI is InChI=1S/C13H16ClFN2O.ClH/c14-10-8-9(4-5-11(10)15)17-12(18)13(16)6-2-1-3-7-13;/h4-5,8H,1-3,6-7,16H2,(H,17,18);1H. The van der Waals surface area contributed by atoms with Gasteiger partial charge in [-0.25, -0.2) is 4.39 Å². The van der Waals surface area contributed by atoms with E-state index in [9.17, 15) is 9.18 Å². The van der Waals surface area contributed by atoms with Gasteiger partial charge in [0.05, 0.1) is 10.6 Å². The van der Waals surface area contributed by atoms with Gasteiger partial charge in [-0.1, -0.05) is 30.9 Å².